The fraction of sp³-hybridized carbons (Fsp3) is 0.500. The van der Waals surface area contributed by atoms with Gasteiger partial charge in [-0.15, -0.1) is 12.6 Å². The van der Waals surface area contributed by atoms with Crippen LogP contribution in [0.2, 0.25) is 0 Å². The van der Waals surface area contributed by atoms with Crippen LogP contribution in [0.5, 0.6) is 0 Å². The van der Waals surface area contributed by atoms with Crippen molar-refractivity contribution in [3.63, 3.8) is 0 Å². The highest BCUT2D eigenvalue weighted by atomic mass is 32.1. The first-order chi connectivity index (χ1) is 8.15. The van der Waals surface area contributed by atoms with Crippen LogP contribution in [0.25, 0.3) is 0 Å². The lowest BCUT2D eigenvalue weighted by Gasteiger charge is -2.07. The summed E-state index contributed by atoms with van der Waals surface area (Å²) >= 11 is 4.26. The van der Waals surface area contributed by atoms with Gasteiger partial charge in [0.15, 0.2) is 0 Å². The average molecular weight is 252 g/mol. The minimum atomic E-state index is -0.268. The van der Waals surface area contributed by atoms with Crippen LogP contribution in [0, 0.1) is 6.92 Å². The maximum absolute atomic E-state index is 11.8. The first kappa shape index (κ1) is 14.1. The van der Waals surface area contributed by atoms with Gasteiger partial charge in [-0.25, -0.2) is 4.79 Å². The molecule has 3 heteroatoms. The van der Waals surface area contributed by atoms with Crippen molar-refractivity contribution in [3.8, 4) is 0 Å². The van der Waals surface area contributed by atoms with E-state index < -0.39 is 0 Å². The molecule has 0 saturated heterocycles. The molecule has 0 aliphatic heterocycles. The molecule has 0 unspecified atom stereocenters. The van der Waals surface area contributed by atoms with Gasteiger partial charge in [-0.1, -0.05) is 37.8 Å². The molecule has 0 atom stereocenters. The number of thiol groups is 1. The Morgan fingerprint density at radius 2 is 2.06 bits per heavy atom. The molecule has 1 rings (SSSR count). The number of carbonyl (C=O) groups excluding carboxylic acids is 1. The van der Waals surface area contributed by atoms with E-state index in [2.05, 4.69) is 19.6 Å². The van der Waals surface area contributed by atoms with E-state index in [0.717, 1.165) is 18.4 Å². The predicted molar refractivity (Wildman–Crippen MR) is 72.9 cm³/mol. The van der Waals surface area contributed by atoms with Crippen LogP contribution in [0.3, 0.4) is 0 Å². The van der Waals surface area contributed by atoms with Crippen LogP contribution in [-0.2, 0) is 4.74 Å². The summed E-state index contributed by atoms with van der Waals surface area (Å²) in [6, 6.07) is 5.57. The molecule has 0 heterocycles. The standard InChI is InChI=1S/C14H20O2S/c1-3-4-5-6-9-16-14(15)12-10-11(2)7-8-13(12)17/h7-8,10,17H,3-6,9H2,1-2H3. The summed E-state index contributed by atoms with van der Waals surface area (Å²) in [6.07, 6.45) is 4.44. The molecule has 2 nitrogen and oxygen atoms in total. The lowest BCUT2D eigenvalue weighted by molar-refractivity contribution is 0.0493. The minimum absolute atomic E-state index is 0.268. The Kier molecular flexibility index (Phi) is 6.12. The highest BCUT2D eigenvalue weighted by Crippen LogP contribution is 2.16. The van der Waals surface area contributed by atoms with Crippen LogP contribution < -0.4 is 0 Å². The second kappa shape index (κ2) is 7.38. The van der Waals surface area contributed by atoms with Gasteiger partial charge >= 0.3 is 5.97 Å². The molecular weight excluding hydrogens is 232 g/mol. The Balaban J connectivity index is 2.44. The third-order valence-electron chi connectivity index (χ3n) is 2.60. The van der Waals surface area contributed by atoms with Gasteiger partial charge < -0.3 is 4.74 Å². The number of aryl methyl sites for hydroxylation is 1. The molecule has 0 bridgehead atoms. The maximum atomic E-state index is 11.8. The van der Waals surface area contributed by atoms with E-state index in [1.165, 1.54) is 12.8 Å². The van der Waals surface area contributed by atoms with Gasteiger partial charge in [-0.3, -0.25) is 0 Å². The quantitative estimate of drug-likeness (QED) is 0.470. The van der Waals surface area contributed by atoms with E-state index in [1.807, 2.05) is 25.1 Å². The Hall–Kier alpha value is -0.960. The van der Waals surface area contributed by atoms with Crippen LogP contribution >= 0.6 is 12.6 Å². The van der Waals surface area contributed by atoms with Crippen molar-refractivity contribution in [2.45, 2.75) is 44.4 Å². The van der Waals surface area contributed by atoms with Gasteiger partial charge in [0.1, 0.15) is 0 Å². The molecule has 1 aromatic carbocycles. The summed E-state index contributed by atoms with van der Waals surface area (Å²) in [5.74, 6) is -0.268. The molecule has 0 amide bonds. The fourth-order valence-electron chi connectivity index (χ4n) is 1.58. The summed E-state index contributed by atoms with van der Waals surface area (Å²) in [4.78, 5) is 12.5. The van der Waals surface area contributed by atoms with Crippen LogP contribution in [-0.4, -0.2) is 12.6 Å². The van der Waals surface area contributed by atoms with E-state index in [1.54, 1.807) is 0 Å². The maximum Gasteiger partial charge on any atom is 0.339 e. The van der Waals surface area contributed by atoms with E-state index in [4.69, 9.17) is 4.74 Å². The topological polar surface area (TPSA) is 26.3 Å². The van der Waals surface area contributed by atoms with Gasteiger partial charge in [0.05, 0.1) is 12.2 Å². The number of rotatable bonds is 6. The zero-order chi connectivity index (χ0) is 12.7. The first-order valence-corrected chi connectivity index (χ1v) is 6.56. The number of ether oxygens (including phenoxy) is 1. The van der Waals surface area contributed by atoms with Crippen molar-refractivity contribution >= 4 is 18.6 Å². The van der Waals surface area contributed by atoms with Gasteiger partial charge in [0.2, 0.25) is 0 Å². The van der Waals surface area contributed by atoms with E-state index >= 15 is 0 Å². The van der Waals surface area contributed by atoms with E-state index in [-0.39, 0.29) is 5.97 Å². The van der Waals surface area contributed by atoms with Crippen molar-refractivity contribution < 1.29 is 9.53 Å². The van der Waals surface area contributed by atoms with Crippen molar-refractivity contribution in [2.75, 3.05) is 6.61 Å². The zero-order valence-corrected chi connectivity index (χ0v) is 11.4. The van der Waals surface area contributed by atoms with Gasteiger partial charge in [0, 0.05) is 4.90 Å². The predicted octanol–water partition coefficient (Wildman–Crippen LogP) is 4.02. The third kappa shape index (κ3) is 4.82. The minimum Gasteiger partial charge on any atom is -0.462 e. The lowest BCUT2D eigenvalue weighted by Crippen LogP contribution is -2.07. The first-order valence-electron chi connectivity index (χ1n) is 6.12. The summed E-state index contributed by atoms with van der Waals surface area (Å²) < 4.78 is 5.22. The molecular formula is C14H20O2S. The number of carbonyl (C=O) groups is 1. The Morgan fingerprint density at radius 1 is 1.29 bits per heavy atom. The smallest absolute Gasteiger partial charge is 0.339 e. The van der Waals surface area contributed by atoms with Crippen LogP contribution in [0.1, 0.15) is 48.5 Å². The number of esters is 1. The highest BCUT2D eigenvalue weighted by Gasteiger charge is 2.10. The Bertz CT molecular complexity index is 374. The summed E-state index contributed by atoms with van der Waals surface area (Å²) in [5, 5.41) is 0. The van der Waals surface area contributed by atoms with Gasteiger partial charge in [-0.05, 0) is 25.5 Å². The summed E-state index contributed by atoms with van der Waals surface area (Å²) in [5.41, 5.74) is 1.60. The molecule has 0 saturated carbocycles. The second-order valence-corrected chi connectivity index (χ2v) is 4.70. The van der Waals surface area contributed by atoms with Gasteiger partial charge in [0.25, 0.3) is 0 Å². The molecule has 94 valence electrons. The zero-order valence-electron chi connectivity index (χ0n) is 10.5. The monoisotopic (exact) mass is 252 g/mol. The van der Waals surface area contributed by atoms with E-state index in [0.29, 0.717) is 17.1 Å². The largest absolute Gasteiger partial charge is 0.462 e. The molecule has 0 aromatic heterocycles. The molecule has 0 aliphatic carbocycles. The number of unbranched alkanes of at least 4 members (excludes halogenated alkanes) is 3. The Morgan fingerprint density at radius 3 is 2.76 bits per heavy atom. The van der Waals surface area contributed by atoms with Gasteiger partial charge in [-0.2, -0.15) is 0 Å². The normalized spacial score (nSPS) is 10.3. The van der Waals surface area contributed by atoms with Crippen LogP contribution in [0.15, 0.2) is 23.1 Å². The molecule has 0 radical (unpaired) electrons. The highest BCUT2D eigenvalue weighted by molar-refractivity contribution is 7.80. The molecule has 0 spiro atoms. The van der Waals surface area contributed by atoms with Crippen molar-refractivity contribution in [1.29, 1.82) is 0 Å². The van der Waals surface area contributed by atoms with Crippen molar-refractivity contribution in [3.05, 3.63) is 29.3 Å². The van der Waals surface area contributed by atoms with E-state index in [9.17, 15) is 4.79 Å². The number of hydrogen-bond donors (Lipinski definition) is 1. The summed E-state index contributed by atoms with van der Waals surface area (Å²) in [7, 11) is 0. The number of benzene rings is 1. The molecule has 0 aliphatic rings. The van der Waals surface area contributed by atoms with Crippen molar-refractivity contribution in [2.24, 2.45) is 0 Å². The average Bonchev–Trinajstić information content (AvgIpc) is 2.32. The lowest BCUT2D eigenvalue weighted by atomic mass is 10.1. The van der Waals surface area contributed by atoms with Crippen molar-refractivity contribution in [1.82, 2.24) is 0 Å². The molecule has 17 heavy (non-hydrogen) atoms. The number of hydrogen-bond acceptors (Lipinski definition) is 3. The third-order valence-corrected chi connectivity index (χ3v) is 2.99. The molecule has 1 aromatic rings. The molecule has 0 N–H and O–H groups in total. The summed E-state index contributed by atoms with van der Waals surface area (Å²) in [6.45, 7) is 4.61. The van der Waals surface area contributed by atoms with Crippen LogP contribution in [0.4, 0.5) is 0 Å². The fourth-order valence-corrected chi connectivity index (χ4v) is 1.82. The second-order valence-electron chi connectivity index (χ2n) is 4.22. The Labute approximate surface area is 109 Å². The molecule has 0 fully saturated rings. The SMILES string of the molecule is CCCCCCOC(=O)c1cc(C)ccc1S.